The molecule has 4 N–H and O–H groups in total. The minimum atomic E-state index is -0.106. The first-order valence-electron chi connectivity index (χ1n) is 5.64. The van der Waals surface area contributed by atoms with Crippen molar-refractivity contribution >= 4 is 11.7 Å². The Morgan fingerprint density at radius 2 is 2.35 bits per heavy atom. The number of hydrazine groups is 1. The standard InChI is InChI=1S/C11H19N5O/c1-2-16(8-6-12)9-11(17)15-14-10-5-3-4-7-13-10/h3-5,7H,2,6,8-9,12H2,1H3,(H,13,14)(H,15,17). The number of pyridine rings is 1. The number of nitrogens with one attached hydrogen (secondary N) is 2. The van der Waals surface area contributed by atoms with E-state index in [4.69, 9.17) is 5.73 Å². The van der Waals surface area contributed by atoms with Crippen LogP contribution in [0.2, 0.25) is 0 Å². The maximum atomic E-state index is 11.6. The lowest BCUT2D eigenvalue weighted by Gasteiger charge is -2.18. The maximum absolute atomic E-state index is 11.6. The molecule has 0 fully saturated rings. The second-order valence-electron chi connectivity index (χ2n) is 3.55. The van der Waals surface area contributed by atoms with Gasteiger partial charge in [0.2, 0.25) is 0 Å². The van der Waals surface area contributed by atoms with Crippen LogP contribution in [0.15, 0.2) is 24.4 Å². The lowest BCUT2D eigenvalue weighted by molar-refractivity contribution is -0.121. The van der Waals surface area contributed by atoms with Crippen LogP contribution in [-0.4, -0.2) is 42.0 Å². The third kappa shape index (κ3) is 5.28. The Hall–Kier alpha value is -1.66. The van der Waals surface area contributed by atoms with Crippen molar-refractivity contribution in [1.29, 1.82) is 0 Å². The normalized spacial score (nSPS) is 10.3. The van der Waals surface area contributed by atoms with Crippen LogP contribution in [0.4, 0.5) is 5.82 Å². The molecule has 0 radical (unpaired) electrons. The van der Waals surface area contributed by atoms with Crippen LogP contribution in [-0.2, 0) is 4.79 Å². The van der Waals surface area contributed by atoms with Gasteiger partial charge in [-0.05, 0) is 18.7 Å². The number of likely N-dealkylation sites (N-methyl/N-ethyl adjacent to an activating group) is 1. The number of hydrogen-bond acceptors (Lipinski definition) is 5. The van der Waals surface area contributed by atoms with Gasteiger partial charge < -0.3 is 5.73 Å². The van der Waals surface area contributed by atoms with Gasteiger partial charge in [-0.2, -0.15) is 0 Å². The zero-order chi connectivity index (χ0) is 12.5. The molecule has 1 aromatic heterocycles. The Kier molecular flexibility index (Phi) is 5.98. The minimum Gasteiger partial charge on any atom is -0.329 e. The second kappa shape index (κ2) is 7.59. The van der Waals surface area contributed by atoms with Crippen molar-refractivity contribution in [1.82, 2.24) is 15.3 Å². The van der Waals surface area contributed by atoms with Crippen molar-refractivity contribution in [3.63, 3.8) is 0 Å². The van der Waals surface area contributed by atoms with Crippen molar-refractivity contribution in [2.24, 2.45) is 5.73 Å². The maximum Gasteiger partial charge on any atom is 0.252 e. The Labute approximate surface area is 101 Å². The zero-order valence-corrected chi connectivity index (χ0v) is 10.0. The quantitative estimate of drug-likeness (QED) is 0.572. The molecule has 0 aliphatic heterocycles. The number of amides is 1. The summed E-state index contributed by atoms with van der Waals surface area (Å²) in [6, 6.07) is 5.43. The highest BCUT2D eigenvalue weighted by atomic mass is 16.2. The first-order valence-corrected chi connectivity index (χ1v) is 5.64. The summed E-state index contributed by atoms with van der Waals surface area (Å²) in [5.41, 5.74) is 10.8. The summed E-state index contributed by atoms with van der Waals surface area (Å²) in [6.07, 6.45) is 1.65. The number of carbonyl (C=O) groups excluding carboxylic acids is 1. The highest BCUT2D eigenvalue weighted by molar-refractivity contribution is 5.79. The van der Waals surface area contributed by atoms with Crippen LogP contribution in [0, 0.1) is 0 Å². The van der Waals surface area contributed by atoms with E-state index in [1.807, 2.05) is 24.0 Å². The fourth-order valence-corrected chi connectivity index (χ4v) is 1.34. The van der Waals surface area contributed by atoms with E-state index in [2.05, 4.69) is 15.8 Å². The number of nitrogens with two attached hydrogens (primary N) is 1. The highest BCUT2D eigenvalue weighted by Gasteiger charge is 2.07. The van der Waals surface area contributed by atoms with Gasteiger partial charge in [-0.25, -0.2) is 4.98 Å². The summed E-state index contributed by atoms with van der Waals surface area (Å²) in [6.45, 7) is 4.39. The lowest BCUT2D eigenvalue weighted by atomic mass is 10.4. The molecular weight excluding hydrogens is 218 g/mol. The lowest BCUT2D eigenvalue weighted by Crippen LogP contribution is -2.41. The predicted octanol–water partition coefficient (Wildman–Crippen LogP) is -0.195. The molecule has 1 amide bonds. The third-order valence-electron chi connectivity index (χ3n) is 2.25. The van der Waals surface area contributed by atoms with E-state index < -0.39 is 0 Å². The fraction of sp³-hybridized carbons (Fsp3) is 0.455. The molecule has 6 nitrogen and oxygen atoms in total. The Morgan fingerprint density at radius 3 is 2.94 bits per heavy atom. The predicted molar refractivity (Wildman–Crippen MR) is 67.2 cm³/mol. The van der Waals surface area contributed by atoms with Crippen LogP contribution >= 0.6 is 0 Å². The molecule has 94 valence electrons. The molecule has 0 saturated heterocycles. The Morgan fingerprint density at radius 1 is 1.53 bits per heavy atom. The molecular formula is C11H19N5O. The molecule has 0 aliphatic rings. The summed E-state index contributed by atoms with van der Waals surface area (Å²) in [7, 11) is 0. The Balaban J connectivity index is 2.30. The summed E-state index contributed by atoms with van der Waals surface area (Å²) in [5, 5.41) is 0. The molecule has 0 aliphatic carbocycles. The van der Waals surface area contributed by atoms with Gasteiger partial charge >= 0.3 is 0 Å². The van der Waals surface area contributed by atoms with E-state index >= 15 is 0 Å². The highest BCUT2D eigenvalue weighted by Crippen LogP contribution is 1.96. The molecule has 0 aromatic carbocycles. The largest absolute Gasteiger partial charge is 0.329 e. The number of anilines is 1. The number of rotatable bonds is 7. The molecule has 0 saturated carbocycles. The average Bonchev–Trinajstić information content (AvgIpc) is 2.37. The SMILES string of the molecule is CCN(CCN)CC(=O)NNc1ccccn1. The molecule has 1 rings (SSSR count). The van der Waals surface area contributed by atoms with Crippen molar-refractivity contribution in [3.05, 3.63) is 24.4 Å². The van der Waals surface area contributed by atoms with Crippen LogP contribution < -0.4 is 16.6 Å². The molecule has 0 unspecified atom stereocenters. The first kappa shape index (κ1) is 13.4. The molecule has 0 bridgehead atoms. The van der Waals surface area contributed by atoms with Crippen molar-refractivity contribution in [3.8, 4) is 0 Å². The van der Waals surface area contributed by atoms with Gasteiger partial charge in [0.05, 0.1) is 6.54 Å². The van der Waals surface area contributed by atoms with E-state index in [9.17, 15) is 4.79 Å². The second-order valence-corrected chi connectivity index (χ2v) is 3.55. The van der Waals surface area contributed by atoms with Crippen molar-refractivity contribution in [2.75, 3.05) is 31.6 Å². The van der Waals surface area contributed by atoms with Crippen LogP contribution in [0.25, 0.3) is 0 Å². The summed E-state index contributed by atoms with van der Waals surface area (Å²) in [5.74, 6) is 0.508. The van der Waals surface area contributed by atoms with Crippen molar-refractivity contribution in [2.45, 2.75) is 6.92 Å². The monoisotopic (exact) mass is 237 g/mol. The third-order valence-corrected chi connectivity index (χ3v) is 2.25. The topological polar surface area (TPSA) is 83.3 Å². The molecule has 1 aromatic rings. The number of hydrogen-bond donors (Lipinski definition) is 3. The van der Waals surface area contributed by atoms with Gasteiger partial charge in [0, 0.05) is 19.3 Å². The number of carbonyl (C=O) groups is 1. The smallest absolute Gasteiger partial charge is 0.252 e. The van der Waals surface area contributed by atoms with E-state index in [1.54, 1.807) is 12.3 Å². The average molecular weight is 237 g/mol. The van der Waals surface area contributed by atoms with Crippen molar-refractivity contribution < 1.29 is 4.79 Å². The summed E-state index contributed by atoms with van der Waals surface area (Å²) in [4.78, 5) is 17.6. The van der Waals surface area contributed by atoms with Gasteiger partial charge in [0.25, 0.3) is 5.91 Å². The van der Waals surface area contributed by atoms with Gasteiger partial charge in [-0.1, -0.05) is 13.0 Å². The molecule has 6 heteroatoms. The van der Waals surface area contributed by atoms with Crippen LogP contribution in [0.1, 0.15) is 6.92 Å². The minimum absolute atomic E-state index is 0.106. The fourth-order valence-electron chi connectivity index (χ4n) is 1.34. The molecule has 1 heterocycles. The van der Waals surface area contributed by atoms with Crippen LogP contribution in [0.3, 0.4) is 0 Å². The van der Waals surface area contributed by atoms with Gasteiger partial charge in [0.1, 0.15) is 5.82 Å². The summed E-state index contributed by atoms with van der Waals surface area (Å²) >= 11 is 0. The number of aromatic nitrogens is 1. The van der Waals surface area contributed by atoms with E-state index in [0.29, 0.717) is 25.5 Å². The van der Waals surface area contributed by atoms with E-state index in [0.717, 1.165) is 6.54 Å². The number of nitrogens with zero attached hydrogens (tertiary/aromatic N) is 2. The first-order chi connectivity index (χ1) is 8.26. The molecule has 0 atom stereocenters. The van der Waals surface area contributed by atoms with E-state index in [-0.39, 0.29) is 5.91 Å². The van der Waals surface area contributed by atoms with Gasteiger partial charge in [0.15, 0.2) is 0 Å². The molecule has 0 spiro atoms. The van der Waals surface area contributed by atoms with Crippen LogP contribution in [0.5, 0.6) is 0 Å². The summed E-state index contributed by atoms with van der Waals surface area (Å²) < 4.78 is 0. The van der Waals surface area contributed by atoms with E-state index in [1.165, 1.54) is 0 Å². The molecule has 17 heavy (non-hydrogen) atoms. The van der Waals surface area contributed by atoms with Gasteiger partial charge in [-0.15, -0.1) is 0 Å². The Bertz CT molecular complexity index is 330. The van der Waals surface area contributed by atoms with Gasteiger partial charge in [-0.3, -0.25) is 20.5 Å². The zero-order valence-electron chi connectivity index (χ0n) is 10.0.